The van der Waals surface area contributed by atoms with Gasteiger partial charge in [0.25, 0.3) is 0 Å². The first-order valence-electron chi connectivity index (χ1n) is 7.32. The summed E-state index contributed by atoms with van der Waals surface area (Å²) < 4.78 is 7.73. The van der Waals surface area contributed by atoms with Crippen LogP contribution in [-0.2, 0) is 4.79 Å². The molecule has 7 heteroatoms. The summed E-state index contributed by atoms with van der Waals surface area (Å²) in [5.74, 6) is 1.19. The van der Waals surface area contributed by atoms with Crippen LogP contribution in [0.1, 0.15) is 37.1 Å². The number of rotatable bonds is 3. The number of aromatic nitrogens is 4. The molecule has 22 heavy (non-hydrogen) atoms. The van der Waals surface area contributed by atoms with Gasteiger partial charge in [-0.25, -0.2) is 0 Å². The molecule has 0 aromatic carbocycles. The van der Waals surface area contributed by atoms with Crippen LogP contribution in [0.4, 0.5) is 0 Å². The zero-order valence-electron chi connectivity index (χ0n) is 11.8. The zero-order chi connectivity index (χ0) is 14.9. The summed E-state index contributed by atoms with van der Waals surface area (Å²) in [6.45, 7) is 0. The lowest BCUT2D eigenvalue weighted by Gasteiger charge is -2.26. The van der Waals surface area contributed by atoms with Gasteiger partial charge in [0.2, 0.25) is 0 Å². The summed E-state index contributed by atoms with van der Waals surface area (Å²) in [5.41, 5.74) is 3.29. The summed E-state index contributed by atoms with van der Waals surface area (Å²) in [5, 5.41) is 11.8. The maximum absolute atomic E-state index is 12.9. The van der Waals surface area contributed by atoms with E-state index in [2.05, 4.69) is 19.2 Å². The fourth-order valence-electron chi connectivity index (χ4n) is 3.04. The lowest BCUT2D eigenvalue weighted by atomic mass is 9.77. The van der Waals surface area contributed by atoms with Crippen molar-refractivity contribution in [3.63, 3.8) is 0 Å². The minimum absolute atomic E-state index is 0.143. The van der Waals surface area contributed by atoms with E-state index in [1.807, 2.05) is 22.9 Å². The van der Waals surface area contributed by atoms with Crippen LogP contribution in [0.15, 0.2) is 21.9 Å². The highest BCUT2D eigenvalue weighted by atomic mass is 32.1. The number of carbonyl (C=O) groups excluding carboxylic acids is 1. The zero-order valence-corrected chi connectivity index (χ0v) is 13.4. The molecule has 1 unspecified atom stereocenters. The van der Waals surface area contributed by atoms with Crippen molar-refractivity contribution in [2.45, 2.75) is 25.7 Å². The van der Waals surface area contributed by atoms with Gasteiger partial charge < -0.3 is 0 Å². The third-order valence-electron chi connectivity index (χ3n) is 4.25. The predicted molar refractivity (Wildman–Crippen MR) is 86.2 cm³/mol. The number of ketones is 1. The van der Waals surface area contributed by atoms with Crippen LogP contribution in [-0.4, -0.2) is 25.0 Å². The van der Waals surface area contributed by atoms with Crippen molar-refractivity contribution in [3.05, 3.63) is 33.3 Å². The van der Waals surface area contributed by atoms with Crippen LogP contribution in [0.3, 0.4) is 0 Å². The molecule has 0 saturated heterocycles. The van der Waals surface area contributed by atoms with Gasteiger partial charge in [0, 0.05) is 21.9 Å². The Kier molecular flexibility index (Phi) is 3.67. The molecule has 5 nitrogen and oxygen atoms in total. The van der Waals surface area contributed by atoms with Gasteiger partial charge in [0.05, 0.1) is 11.4 Å². The molecule has 0 N–H and O–H groups in total. The highest BCUT2D eigenvalue weighted by molar-refractivity contribution is 7.03. The van der Waals surface area contributed by atoms with Crippen molar-refractivity contribution in [3.8, 4) is 0 Å². The standard InChI is InChI=1S/C15H14N4OS2/c20-15-10(5-11-7-21-18-16-11)3-4-13(9-1-2-9)14(15)6-12-8-22-19-17-12/h5-9,13H,1-4H2/b10-5+,14-6-. The van der Waals surface area contributed by atoms with Crippen LogP contribution in [0.2, 0.25) is 0 Å². The molecule has 0 spiro atoms. The third kappa shape index (κ3) is 2.78. The van der Waals surface area contributed by atoms with Crippen LogP contribution in [0.25, 0.3) is 12.2 Å². The highest BCUT2D eigenvalue weighted by Gasteiger charge is 2.39. The predicted octanol–water partition coefficient (Wildman–Crippen LogP) is 3.25. The van der Waals surface area contributed by atoms with Crippen molar-refractivity contribution in [2.24, 2.45) is 11.8 Å². The second kappa shape index (κ2) is 5.81. The molecule has 2 aromatic heterocycles. The molecule has 0 aliphatic heterocycles. The maximum atomic E-state index is 12.9. The normalized spacial score (nSPS) is 26.0. The van der Waals surface area contributed by atoms with Gasteiger partial charge in [0.1, 0.15) is 0 Å². The number of carbonyl (C=O) groups is 1. The first kappa shape index (κ1) is 13.9. The van der Waals surface area contributed by atoms with Gasteiger partial charge in [0.15, 0.2) is 5.78 Å². The minimum Gasteiger partial charge on any atom is -0.289 e. The highest BCUT2D eigenvalue weighted by Crippen LogP contribution is 2.47. The van der Waals surface area contributed by atoms with E-state index in [4.69, 9.17) is 0 Å². The average molecular weight is 330 g/mol. The van der Waals surface area contributed by atoms with E-state index in [0.29, 0.717) is 11.8 Å². The molecular weight excluding hydrogens is 316 g/mol. The van der Waals surface area contributed by atoms with Crippen LogP contribution < -0.4 is 0 Å². The van der Waals surface area contributed by atoms with Crippen LogP contribution >= 0.6 is 23.1 Å². The molecule has 2 saturated carbocycles. The molecule has 0 bridgehead atoms. The lowest BCUT2D eigenvalue weighted by molar-refractivity contribution is -0.113. The number of Topliss-reactive ketones (excluding diaryl/α,β-unsaturated/α-hetero) is 1. The first-order chi connectivity index (χ1) is 10.8. The van der Waals surface area contributed by atoms with Gasteiger partial charge >= 0.3 is 0 Å². The second-order valence-electron chi connectivity index (χ2n) is 5.74. The number of hydrogen-bond acceptors (Lipinski definition) is 7. The van der Waals surface area contributed by atoms with Crippen LogP contribution in [0, 0.1) is 11.8 Å². The van der Waals surface area contributed by atoms with Gasteiger partial charge in [-0.3, -0.25) is 4.79 Å². The van der Waals surface area contributed by atoms with E-state index in [1.165, 1.54) is 35.9 Å². The van der Waals surface area contributed by atoms with E-state index in [-0.39, 0.29) is 5.78 Å². The fourth-order valence-corrected chi connectivity index (χ4v) is 3.86. The number of nitrogens with zero attached hydrogens (tertiary/aromatic N) is 4. The SMILES string of the molecule is O=C1/C(=C\c2csnn2)C(C2CC2)CC/C1=C\c1csnn1. The van der Waals surface area contributed by atoms with Gasteiger partial charge in [-0.2, -0.15) is 0 Å². The largest absolute Gasteiger partial charge is 0.289 e. The maximum Gasteiger partial charge on any atom is 0.185 e. The Balaban J connectivity index is 1.68. The Morgan fingerprint density at radius 1 is 1.00 bits per heavy atom. The molecule has 0 amide bonds. The summed E-state index contributed by atoms with van der Waals surface area (Å²) in [7, 11) is 0. The Hall–Kier alpha value is -1.73. The van der Waals surface area contributed by atoms with Gasteiger partial charge in [-0.15, -0.1) is 10.2 Å². The Labute approximate surface area is 136 Å². The summed E-state index contributed by atoms with van der Waals surface area (Å²) in [4.78, 5) is 12.9. The molecule has 2 aromatic rings. The van der Waals surface area contributed by atoms with E-state index in [0.717, 1.165) is 35.4 Å². The second-order valence-corrected chi connectivity index (χ2v) is 6.96. The van der Waals surface area contributed by atoms with Crippen molar-refractivity contribution in [2.75, 3.05) is 0 Å². The molecule has 2 fully saturated rings. The Morgan fingerprint density at radius 3 is 2.27 bits per heavy atom. The third-order valence-corrected chi connectivity index (χ3v) is 5.29. The first-order valence-corrected chi connectivity index (χ1v) is 8.99. The van der Waals surface area contributed by atoms with Crippen molar-refractivity contribution in [1.29, 1.82) is 0 Å². The van der Waals surface area contributed by atoms with Crippen molar-refractivity contribution in [1.82, 2.24) is 19.2 Å². The average Bonchev–Trinajstić information content (AvgIpc) is 3.00. The smallest absolute Gasteiger partial charge is 0.185 e. The fraction of sp³-hybridized carbons (Fsp3) is 0.400. The molecule has 2 aliphatic rings. The summed E-state index contributed by atoms with van der Waals surface area (Å²) in [6, 6.07) is 0. The topological polar surface area (TPSA) is 68.6 Å². The van der Waals surface area contributed by atoms with Crippen molar-refractivity contribution >= 4 is 41.0 Å². The molecular formula is C15H14N4OS2. The quantitative estimate of drug-likeness (QED) is 0.808. The minimum atomic E-state index is 0.143. The summed E-state index contributed by atoms with van der Waals surface area (Å²) >= 11 is 2.61. The Morgan fingerprint density at radius 2 is 1.68 bits per heavy atom. The van der Waals surface area contributed by atoms with E-state index < -0.39 is 0 Å². The van der Waals surface area contributed by atoms with Crippen LogP contribution in [0.5, 0.6) is 0 Å². The number of allylic oxidation sites excluding steroid dienone is 2. The Bertz CT molecular complexity index is 730. The molecule has 2 heterocycles. The molecule has 4 rings (SSSR count). The number of hydrogen-bond donors (Lipinski definition) is 0. The molecule has 1 atom stereocenters. The van der Waals surface area contributed by atoms with E-state index in [9.17, 15) is 4.79 Å². The molecule has 2 aliphatic carbocycles. The monoisotopic (exact) mass is 330 g/mol. The molecule has 0 radical (unpaired) electrons. The molecule has 112 valence electrons. The lowest BCUT2D eigenvalue weighted by Crippen LogP contribution is -2.23. The van der Waals surface area contributed by atoms with Gasteiger partial charge in [-0.1, -0.05) is 8.98 Å². The summed E-state index contributed by atoms with van der Waals surface area (Å²) in [6.07, 6.45) is 8.13. The van der Waals surface area contributed by atoms with E-state index >= 15 is 0 Å². The van der Waals surface area contributed by atoms with E-state index in [1.54, 1.807) is 0 Å². The van der Waals surface area contributed by atoms with Gasteiger partial charge in [-0.05, 0) is 72.7 Å². The van der Waals surface area contributed by atoms with Crippen molar-refractivity contribution < 1.29 is 4.79 Å².